The highest BCUT2D eigenvalue weighted by molar-refractivity contribution is 9.10. The highest BCUT2D eigenvalue weighted by Crippen LogP contribution is 2.44. The van der Waals surface area contributed by atoms with Crippen molar-refractivity contribution in [2.45, 2.75) is 63.7 Å². The molecule has 0 radical (unpaired) electrons. The van der Waals surface area contributed by atoms with E-state index in [-0.39, 0.29) is 6.42 Å². The molecule has 2 aliphatic carbocycles. The zero-order valence-electron chi connectivity index (χ0n) is 14.9. The number of aliphatic carboxylic acids is 1. The summed E-state index contributed by atoms with van der Waals surface area (Å²) in [5.74, 6) is 2.44. The van der Waals surface area contributed by atoms with Crippen LogP contribution >= 0.6 is 15.9 Å². The number of carboxylic acid groups (broad SMARTS) is 1. The van der Waals surface area contributed by atoms with E-state index in [0.29, 0.717) is 5.92 Å². The van der Waals surface area contributed by atoms with Crippen LogP contribution in [0.2, 0.25) is 0 Å². The summed E-state index contributed by atoms with van der Waals surface area (Å²) in [5.41, 5.74) is 1.51. The molecule has 0 amide bonds. The summed E-state index contributed by atoms with van der Waals surface area (Å²) in [6.45, 7) is 0. The quantitative estimate of drug-likeness (QED) is 0.563. The molecule has 0 unspecified atom stereocenters. The van der Waals surface area contributed by atoms with Gasteiger partial charge in [0.05, 0.1) is 6.42 Å². The highest BCUT2D eigenvalue weighted by atomic mass is 79.9. The molecule has 0 heterocycles. The third-order valence-electron chi connectivity index (χ3n) is 6.30. The summed E-state index contributed by atoms with van der Waals surface area (Å²) < 4.78 is 1.17. The van der Waals surface area contributed by atoms with Gasteiger partial charge in [-0.15, -0.1) is 0 Å². The lowest BCUT2D eigenvalue weighted by Crippen LogP contribution is -2.25. The average molecular weight is 405 g/mol. The third-order valence-corrected chi connectivity index (χ3v) is 6.83. The number of carboxylic acids is 1. The predicted octanol–water partition coefficient (Wildman–Crippen LogP) is 6.56. The monoisotopic (exact) mass is 404 g/mol. The van der Waals surface area contributed by atoms with Gasteiger partial charge in [0.15, 0.2) is 0 Å². The molecule has 0 bridgehead atoms. The van der Waals surface area contributed by atoms with E-state index in [1.165, 1.54) is 61.4 Å². The largest absolute Gasteiger partial charge is 0.481 e. The zero-order valence-corrected chi connectivity index (χ0v) is 16.5. The van der Waals surface area contributed by atoms with Gasteiger partial charge < -0.3 is 5.11 Å². The number of carbonyl (C=O) groups is 1. The Hall–Kier alpha value is -1.09. The Bertz CT molecular complexity index is 577. The minimum absolute atomic E-state index is 0.167. The fourth-order valence-corrected chi connectivity index (χ4v) is 5.09. The van der Waals surface area contributed by atoms with Crippen LogP contribution in [0.4, 0.5) is 0 Å². The van der Waals surface area contributed by atoms with E-state index in [4.69, 9.17) is 5.11 Å². The molecule has 25 heavy (non-hydrogen) atoms. The standard InChI is InChI=1S/C22H29BrO2/c23-21-14-12-20(13-15-21)19-10-8-18(9-11-19)17-6-4-16(5-7-17)2-1-3-22(24)25/h1-2,12-19H,3-11H2,(H,24,25)/t16-,17-,18-,19-. The molecule has 2 saturated carbocycles. The van der Waals surface area contributed by atoms with Gasteiger partial charge in [0.25, 0.3) is 0 Å². The lowest BCUT2D eigenvalue weighted by atomic mass is 9.68. The first kappa shape index (κ1) is 18.7. The van der Waals surface area contributed by atoms with E-state index in [1.54, 1.807) is 0 Å². The molecular weight excluding hydrogens is 376 g/mol. The summed E-state index contributed by atoms with van der Waals surface area (Å²) in [4.78, 5) is 10.6. The van der Waals surface area contributed by atoms with Crippen LogP contribution in [-0.2, 0) is 4.79 Å². The second kappa shape index (κ2) is 9.02. The van der Waals surface area contributed by atoms with Crippen LogP contribution in [0.3, 0.4) is 0 Å². The lowest BCUT2D eigenvalue weighted by molar-refractivity contribution is -0.136. The number of rotatable bonds is 5. The van der Waals surface area contributed by atoms with Crippen molar-refractivity contribution in [1.82, 2.24) is 0 Å². The normalized spacial score (nSPS) is 30.4. The molecule has 3 rings (SSSR count). The molecule has 3 heteroatoms. The van der Waals surface area contributed by atoms with E-state index in [1.807, 2.05) is 6.08 Å². The van der Waals surface area contributed by atoms with Crippen LogP contribution in [0, 0.1) is 17.8 Å². The van der Waals surface area contributed by atoms with Crippen LogP contribution in [0.5, 0.6) is 0 Å². The molecule has 0 aliphatic heterocycles. The Morgan fingerprint density at radius 1 is 0.960 bits per heavy atom. The molecule has 0 saturated heterocycles. The number of hydrogen-bond donors (Lipinski definition) is 1. The first-order valence-electron chi connectivity index (χ1n) is 9.75. The molecule has 136 valence electrons. The Balaban J connectivity index is 1.42. The number of allylic oxidation sites excluding steroid dienone is 1. The Labute approximate surface area is 159 Å². The van der Waals surface area contributed by atoms with E-state index in [0.717, 1.165) is 17.8 Å². The summed E-state index contributed by atoms with van der Waals surface area (Å²) >= 11 is 3.52. The van der Waals surface area contributed by atoms with Gasteiger partial charge in [-0.1, -0.05) is 40.2 Å². The van der Waals surface area contributed by atoms with Crippen LogP contribution in [0.1, 0.15) is 69.3 Å². The summed E-state index contributed by atoms with van der Waals surface area (Å²) in [6.07, 6.45) is 14.7. The second-order valence-electron chi connectivity index (χ2n) is 7.86. The minimum Gasteiger partial charge on any atom is -0.481 e. The Kier molecular flexibility index (Phi) is 6.75. The van der Waals surface area contributed by atoms with E-state index >= 15 is 0 Å². The highest BCUT2D eigenvalue weighted by Gasteiger charge is 2.30. The van der Waals surface area contributed by atoms with Gasteiger partial charge in [-0.05, 0) is 92.7 Å². The maximum atomic E-state index is 10.6. The van der Waals surface area contributed by atoms with E-state index in [2.05, 4.69) is 46.3 Å². The number of hydrogen-bond acceptors (Lipinski definition) is 1. The maximum Gasteiger partial charge on any atom is 0.307 e. The van der Waals surface area contributed by atoms with Gasteiger partial charge in [-0.25, -0.2) is 0 Å². The van der Waals surface area contributed by atoms with Gasteiger partial charge in [0.1, 0.15) is 0 Å². The van der Waals surface area contributed by atoms with Gasteiger partial charge in [-0.3, -0.25) is 4.79 Å². The summed E-state index contributed by atoms with van der Waals surface area (Å²) in [7, 11) is 0. The van der Waals surface area contributed by atoms with Crippen molar-refractivity contribution < 1.29 is 9.90 Å². The maximum absolute atomic E-state index is 10.6. The summed E-state index contributed by atoms with van der Waals surface area (Å²) in [5, 5.41) is 8.72. The van der Waals surface area contributed by atoms with Gasteiger partial charge in [0.2, 0.25) is 0 Å². The molecule has 1 aromatic rings. The fourth-order valence-electron chi connectivity index (χ4n) is 4.83. The second-order valence-corrected chi connectivity index (χ2v) is 8.78. The van der Waals surface area contributed by atoms with Crippen LogP contribution in [0.25, 0.3) is 0 Å². The van der Waals surface area contributed by atoms with Crippen molar-refractivity contribution in [1.29, 1.82) is 0 Å². The van der Waals surface area contributed by atoms with Crippen molar-refractivity contribution in [2.24, 2.45) is 17.8 Å². The minimum atomic E-state index is -0.729. The SMILES string of the molecule is O=C(O)CC=C[C@H]1CC[C@H]([C@H]2CC[C@H](c3ccc(Br)cc3)CC2)CC1. The molecular formula is C22H29BrO2. The lowest BCUT2D eigenvalue weighted by Gasteiger charge is -2.37. The average Bonchev–Trinajstić information content (AvgIpc) is 2.63. The molecule has 0 spiro atoms. The molecule has 0 aromatic heterocycles. The van der Waals surface area contributed by atoms with Gasteiger partial charge in [-0.2, -0.15) is 0 Å². The van der Waals surface area contributed by atoms with Crippen LogP contribution in [-0.4, -0.2) is 11.1 Å². The van der Waals surface area contributed by atoms with Crippen molar-refractivity contribution in [2.75, 3.05) is 0 Å². The topological polar surface area (TPSA) is 37.3 Å². The molecule has 2 fully saturated rings. The first-order valence-corrected chi connectivity index (χ1v) is 10.5. The number of halogens is 1. The van der Waals surface area contributed by atoms with Gasteiger partial charge >= 0.3 is 5.97 Å². The zero-order chi connectivity index (χ0) is 17.6. The first-order chi connectivity index (χ1) is 12.1. The fraction of sp³-hybridized carbons (Fsp3) is 0.591. The molecule has 0 atom stereocenters. The van der Waals surface area contributed by atoms with Crippen molar-refractivity contribution >= 4 is 21.9 Å². The molecule has 1 N–H and O–H groups in total. The summed E-state index contributed by atoms with van der Waals surface area (Å²) in [6, 6.07) is 8.90. The molecule has 2 nitrogen and oxygen atoms in total. The Morgan fingerprint density at radius 2 is 1.52 bits per heavy atom. The third kappa shape index (κ3) is 5.44. The van der Waals surface area contributed by atoms with E-state index in [9.17, 15) is 4.79 Å². The van der Waals surface area contributed by atoms with Crippen molar-refractivity contribution in [3.05, 3.63) is 46.5 Å². The predicted molar refractivity (Wildman–Crippen MR) is 106 cm³/mol. The number of benzene rings is 1. The smallest absolute Gasteiger partial charge is 0.307 e. The van der Waals surface area contributed by atoms with Gasteiger partial charge in [0, 0.05) is 4.47 Å². The van der Waals surface area contributed by atoms with Crippen molar-refractivity contribution in [3.63, 3.8) is 0 Å². The molecule has 1 aromatic carbocycles. The van der Waals surface area contributed by atoms with E-state index < -0.39 is 5.97 Å². The Morgan fingerprint density at radius 3 is 2.08 bits per heavy atom. The van der Waals surface area contributed by atoms with Crippen LogP contribution in [0.15, 0.2) is 40.9 Å². The molecule has 2 aliphatic rings. The van der Waals surface area contributed by atoms with Crippen molar-refractivity contribution in [3.8, 4) is 0 Å². The van der Waals surface area contributed by atoms with Crippen LogP contribution < -0.4 is 0 Å².